The van der Waals surface area contributed by atoms with E-state index in [0.29, 0.717) is 41.8 Å². The number of sulfonamides is 1. The Hall–Kier alpha value is -2.50. The van der Waals surface area contributed by atoms with E-state index in [2.05, 4.69) is 21.6 Å². The number of hydrogen-bond acceptors (Lipinski definition) is 6. The van der Waals surface area contributed by atoms with Gasteiger partial charge in [-0.15, -0.1) is 5.10 Å². The standard InChI is InChI=1S/C21H27N5O2S/c1-3-18-19(14-22)21(25-24-20(18)4-2)23-15-16-10-12-26(13-11-16)29(27,28)17-8-6-5-7-9-17/h5-9,16H,3-4,10-13,15H2,1-2H3,(H,23,25). The van der Waals surface area contributed by atoms with Crippen LogP contribution in [0.3, 0.4) is 0 Å². The van der Waals surface area contributed by atoms with E-state index in [1.165, 1.54) is 0 Å². The fraction of sp³-hybridized carbons (Fsp3) is 0.476. The summed E-state index contributed by atoms with van der Waals surface area (Å²) in [6, 6.07) is 10.8. The summed E-state index contributed by atoms with van der Waals surface area (Å²) in [5, 5.41) is 21.4. The number of aromatic nitrogens is 2. The maximum absolute atomic E-state index is 12.7. The van der Waals surface area contributed by atoms with E-state index in [9.17, 15) is 13.7 Å². The Balaban J connectivity index is 1.62. The second kappa shape index (κ2) is 9.33. The SMILES string of the molecule is CCc1nnc(NCC2CCN(S(=O)(=O)c3ccccc3)CC2)c(C#N)c1CC. The first-order valence-corrected chi connectivity index (χ1v) is 11.5. The van der Waals surface area contributed by atoms with Crippen LogP contribution in [0.25, 0.3) is 0 Å². The molecule has 1 saturated heterocycles. The van der Waals surface area contributed by atoms with Gasteiger partial charge in [-0.25, -0.2) is 8.42 Å². The number of benzene rings is 1. The van der Waals surface area contributed by atoms with Crippen LogP contribution in [0.1, 0.15) is 43.5 Å². The second-order valence-electron chi connectivity index (χ2n) is 7.21. The molecular formula is C21H27N5O2S. The quantitative estimate of drug-likeness (QED) is 0.749. The zero-order chi connectivity index (χ0) is 20.9. The van der Waals surface area contributed by atoms with Gasteiger partial charge < -0.3 is 5.32 Å². The van der Waals surface area contributed by atoms with Crippen LogP contribution in [-0.2, 0) is 22.9 Å². The molecule has 1 N–H and O–H groups in total. The molecule has 0 radical (unpaired) electrons. The lowest BCUT2D eigenvalue weighted by Crippen LogP contribution is -2.39. The van der Waals surface area contributed by atoms with Crippen LogP contribution in [0.2, 0.25) is 0 Å². The van der Waals surface area contributed by atoms with E-state index < -0.39 is 10.0 Å². The van der Waals surface area contributed by atoms with E-state index in [1.54, 1.807) is 28.6 Å². The molecule has 7 nitrogen and oxygen atoms in total. The topological polar surface area (TPSA) is 99.0 Å². The fourth-order valence-electron chi connectivity index (χ4n) is 3.75. The summed E-state index contributed by atoms with van der Waals surface area (Å²) in [5.74, 6) is 0.849. The molecule has 0 unspecified atom stereocenters. The van der Waals surface area contributed by atoms with Crippen molar-refractivity contribution in [1.82, 2.24) is 14.5 Å². The minimum Gasteiger partial charge on any atom is -0.367 e. The molecule has 0 bridgehead atoms. The molecule has 1 aromatic carbocycles. The Kier molecular flexibility index (Phi) is 6.83. The average Bonchev–Trinajstić information content (AvgIpc) is 2.77. The lowest BCUT2D eigenvalue weighted by molar-refractivity contribution is 0.282. The number of nitriles is 1. The Labute approximate surface area is 172 Å². The predicted molar refractivity (Wildman–Crippen MR) is 112 cm³/mol. The number of piperidine rings is 1. The molecule has 29 heavy (non-hydrogen) atoms. The van der Waals surface area contributed by atoms with E-state index in [0.717, 1.165) is 36.9 Å². The molecular weight excluding hydrogens is 386 g/mol. The molecule has 1 aliphatic heterocycles. The molecule has 0 amide bonds. The number of rotatable bonds is 7. The van der Waals surface area contributed by atoms with E-state index in [1.807, 2.05) is 19.9 Å². The van der Waals surface area contributed by atoms with Gasteiger partial charge in [-0.05, 0) is 49.3 Å². The maximum atomic E-state index is 12.7. The normalized spacial score (nSPS) is 15.8. The summed E-state index contributed by atoms with van der Waals surface area (Å²) in [5.41, 5.74) is 2.40. The summed E-state index contributed by atoms with van der Waals surface area (Å²) in [7, 11) is -3.43. The molecule has 1 aromatic heterocycles. The number of aryl methyl sites for hydroxylation is 1. The van der Waals surface area contributed by atoms with Gasteiger partial charge in [0.1, 0.15) is 11.6 Å². The van der Waals surface area contributed by atoms with Crippen LogP contribution >= 0.6 is 0 Å². The van der Waals surface area contributed by atoms with E-state index in [4.69, 9.17) is 0 Å². The van der Waals surface area contributed by atoms with Gasteiger partial charge in [0.15, 0.2) is 5.82 Å². The van der Waals surface area contributed by atoms with Crippen molar-refractivity contribution in [3.63, 3.8) is 0 Å². The van der Waals surface area contributed by atoms with Crippen LogP contribution < -0.4 is 5.32 Å². The van der Waals surface area contributed by atoms with Crippen molar-refractivity contribution < 1.29 is 8.42 Å². The Morgan fingerprint density at radius 1 is 1.14 bits per heavy atom. The molecule has 2 heterocycles. The number of anilines is 1. The summed E-state index contributed by atoms with van der Waals surface area (Å²) in [4.78, 5) is 0.341. The lowest BCUT2D eigenvalue weighted by atomic mass is 9.98. The Bertz CT molecular complexity index is 978. The van der Waals surface area contributed by atoms with Gasteiger partial charge in [-0.3, -0.25) is 0 Å². The van der Waals surface area contributed by atoms with Crippen LogP contribution in [0, 0.1) is 17.2 Å². The van der Waals surface area contributed by atoms with Gasteiger partial charge in [-0.2, -0.15) is 14.7 Å². The number of nitrogens with one attached hydrogen (secondary N) is 1. The zero-order valence-electron chi connectivity index (χ0n) is 16.9. The predicted octanol–water partition coefficient (Wildman–Crippen LogP) is 2.99. The van der Waals surface area contributed by atoms with Crippen LogP contribution in [0.4, 0.5) is 5.82 Å². The smallest absolute Gasteiger partial charge is 0.243 e. The molecule has 0 atom stereocenters. The minimum absolute atomic E-state index is 0.321. The van der Waals surface area contributed by atoms with Crippen molar-refractivity contribution in [2.45, 2.75) is 44.4 Å². The van der Waals surface area contributed by atoms with Crippen LogP contribution in [-0.4, -0.2) is 42.6 Å². The summed E-state index contributed by atoms with van der Waals surface area (Å²) < 4.78 is 27.0. The Morgan fingerprint density at radius 2 is 1.83 bits per heavy atom. The molecule has 2 aromatic rings. The maximum Gasteiger partial charge on any atom is 0.243 e. The van der Waals surface area contributed by atoms with E-state index in [-0.39, 0.29) is 0 Å². The highest BCUT2D eigenvalue weighted by molar-refractivity contribution is 7.89. The highest BCUT2D eigenvalue weighted by atomic mass is 32.2. The number of nitrogens with zero attached hydrogens (tertiary/aromatic N) is 4. The third kappa shape index (κ3) is 4.57. The molecule has 1 fully saturated rings. The van der Waals surface area contributed by atoms with Crippen molar-refractivity contribution in [3.8, 4) is 6.07 Å². The summed E-state index contributed by atoms with van der Waals surface area (Å²) in [6.07, 6.45) is 3.02. The molecule has 0 aliphatic carbocycles. The lowest BCUT2D eigenvalue weighted by Gasteiger charge is -2.31. The average molecular weight is 414 g/mol. The van der Waals surface area contributed by atoms with Crippen molar-refractivity contribution in [1.29, 1.82) is 5.26 Å². The summed E-state index contributed by atoms with van der Waals surface area (Å²) in [6.45, 7) is 5.67. The zero-order valence-corrected chi connectivity index (χ0v) is 17.7. The van der Waals surface area contributed by atoms with Crippen molar-refractivity contribution in [2.75, 3.05) is 25.0 Å². The molecule has 3 rings (SSSR count). The van der Waals surface area contributed by atoms with Gasteiger partial charge in [0.25, 0.3) is 0 Å². The van der Waals surface area contributed by atoms with Gasteiger partial charge in [0.05, 0.1) is 10.6 Å². The van der Waals surface area contributed by atoms with Crippen LogP contribution in [0.5, 0.6) is 0 Å². The Morgan fingerprint density at radius 3 is 2.41 bits per heavy atom. The number of hydrogen-bond donors (Lipinski definition) is 1. The first kappa shape index (κ1) is 21.2. The fourth-order valence-corrected chi connectivity index (χ4v) is 5.24. The van der Waals surface area contributed by atoms with Crippen molar-refractivity contribution in [2.24, 2.45) is 5.92 Å². The van der Waals surface area contributed by atoms with Crippen LogP contribution in [0.15, 0.2) is 35.2 Å². The molecule has 0 spiro atoms. The largest absolute Gasteiger partial charge is 0.367 e. The van der Waals surface area contributed by atoms with Gasteiger partial charge in [0.2, 0.25) is 10.0 Å². The first-order chi connectivity index (χ1) is 14.0. The minimum atomic E-state index is -3.43. The monoisotopic (exact) mass is 413 g/mol. The molecule has 154 valence electrons. The highest BCUT2D eigenvalue weighted by Crippen LogP contribution is 2.25. The third-order valence-electron chi connectivity index (χ3n) is 5.47. The molecule has 0 saturated carbocycles. The molecule has 8 heteroatoms. The van der Waals surface area contributed by atoms with Gasteiger partial charge >= 0.3 is 0 Å². The van der Waals surface area contributed by atoms with Gasteiger partial charge in [0, 0.05) is 19.6 Å². The third-order valence-corrected chi connectivity index (χ3v) is 7.38. The van der Waals surface area contributed by atoms with Crippen molar-refractivity contribution >= 4 is 15.8 Å². The van der Waals surface area contributed by atoms with Gasteiger partial charge in [-0.1, -0.05) is 32.0 Å². The van der Waals surface area contributed by atoms with Crippen molar-refractivity contribution in [3.05, 3.63) is 47.2 Å². The summed E-state index contributed by atoms with van der Waals surface area (Å²) >= 11 is 0. The molecule has 1 aliphatic rings. The first-order valence-electron chi connectivity index (χ1n) is 10.1. The van der Waals surface area contributed by atoms with E-state index >= 15 is 0 Å². The second-order valence-corrected chi connectivity index (χ2v) is 9.15. The highest BCUT2D eigenvalue weighted by Gasteiger charge is 2.29.